The predicted octanol–water partition coefficient (Wildman–Crippen LogP) is 3.50. The lowest BCUT2D eigenvalue weighted by Gasteiger charge is -2.33. The van der Waals surface area contributed by atoms with Crippen LogP contribution in [0, 0.1) is 0 Å². The first-order chi connectivity index (χ1) is 10.3. The Hall–Kier alpha value is -1.03. The second-order valence-corrected chi connectivity index (χ2v) is 6.83. The minimum Gasteiger partial charge on any atom is -0.353 e. The molecule has 0 aromatic carbocycles. The maximum Gasteiger partial charge on any atom is 0.203 e. The normalized spacial score (nSPS) is 23.1. The summed E-state index contributed by atoms with van der Waals surface area (Å²) < 4.78 is 2.31. The molecule has 1 unspecified atom stereocenters. The lowest BCUT2D eigenvalue weighted by atomic mass is 9.96. The van der Waals surface area contributed by atoms with Crippen molar-refractivity contribution >= 4 is 5.95 Å². The van der Waals surface area contributed by atoms with Crippen LogP contribution in [0.5, 0.6) is 0 Å². The molecule has 0 radical (unpaired) electrons. The van der Waals surface area contributed by atoms with Crippen molar-refractivity contribution in [2.75, 3.05) is 18.4 Å². The zero-order valence-corrected chi connectivity index (χ0v) is 13.4. The number of rotatable bonds is 5. The van der Waals surface area contributed by atoms with E-state index in [0.717, 1.165) is 12.5 Å². The van der Waals surface area contributed by atoms with Crippen molar-refractivity contribution in [2.24, 2.45) is 0 Å². The minimum absolute atomic E-state index is 0.603. The quantitative estimate of drug-likeness (QED) is 0.901. The number of aromatic nitrogens is 2. The van der Waals surface area contributed by atoms with Crippen LogP contribution in [-0.4, -0.2) is 39.6 Å². The van der Waals surface area contributed by atoms with Crippen molar-refractivity contribution in [1.82, 2.24) is 14.5 Å². The Morgan fingerprint density at radius 1 is 1.14 bits per heavy atom. The first kappa shape index (κ1) is 14.9. The van der Waals surface area contributed by atoms with Gasteiger partial charge in [-0.15, -0.1) is 0 Å². The van der Waals surface area contributed by atoms with Gasteiger partial charge in [0.2, 0.25) is 5.95 Å². The first-order valence-corrected chi connectivity index (χ1v) is 8.84. The van der Waals surface area contributed by atoms with Gasteiger partial charge in [0, 0.05) is 31.0 Å². The molecular weight excluding hydrogens is 260 g/mol. The van der Waals surface area contributed by atoms with Crippen LogP contribution in [0.2, 0.25) is 0 Å². The van der Waals surface area contributed by atoms with Gasteiger partial charge < -0.3 is 9.88 Å². The second-order valence-electron chi connectivity index (χ2n) is 6.83. The summed E-state index contributed by atoms with van der Waals surface area (Å²) in [7, 11) is 0. The number of likely N-dealkylation sites (tertiary alicyclic amines) is 1. The molecule has 0 spiro atoms. The molecule has 3 rings (SSSR count). The number of hydrogen-bond donors (Lipinski definition) is 1. The monoisotopic (exact) mass is 290 g/mol. The standard InChI is InChI=1S/C17H30N4/c1-15(20-11-6-3-7-12-20)14-21-13-10-18-17(21)19-16-8-4-2-5-9-16/h10,13,15-16H,2-9,11-12,14H2,1H3,(H,18,19). The molecule has 1 aliphatic heterocycles. The van der Waals surface area contributed by atoms with E-state index in [-0.39, 0.29) is 0 Å². The van der Waals surface area contributed by atoms with Crippen molar-refractivity contribution < 1.29 is 0 Å². The number of anilines is 1. The Kier molecular flexibility index (Phi) is 5.17. The van der Waals surface area contributed by atoms with E-state index in [9.17, 15) is 0 Å². The third kappa shape index (κ3) is 4.00. The van der Waals surface area contributed by atoms with Crippen LogP contribution >= 0.6 is 0 Å². The van der Waals surface area contributed by atoms with Gasteiger partial charge in [0.25, 0.3) is 0 Å². The summed E-state index contributed by atoms with van der Waals surface area (Å²) in [4.78, 5) is 7.17. The van der Waals surface area contributed by atoms with Crippen molar-refractivity contribution in [3.63, 3.8) is 0 Å². The molecule has 1 aliphatic carbocycles. The van der Waals surface area contributed by atoms with E-state index in [4.69, 9.17) is 0 Å². The maximum atomic E-state index is 4.54. The first-order valence-electron chi connectivity index (χ1n) is 8.84. The lowest BCUT2D eigenvalue weighted by Crippen LogP contribution is -2.40. The van der Waals surface area contributed by atoms with Gasteiger partial charge in [-0.25, -0.2) is 4.98 Å². The molecule has 118 valence electrons. The largest absolute Gasteiger partial charge is 0.353 e. The van der Waals surface area contributed by atoms with Crippen molar-refractivity contribution in [3.8, 4) is 0 Å². The van der Waals surface area contributed by atoms with E-state index in [2.05, 4.69) is 32.9 Å². The van der Waals surface area contributed by atoms with Crippen LogP contribution in [-0.2, 0) is 6.54 Å². The zero-order chi connectivity index (χ0) is 14.5. The van der Waals surface area contributed by atoms with Crippen molar-refractivity contribution in [2.45, 2.75) is 76.9 Å². The van der Waals surface area contributed by atoms with E-state index < -0.39 is 0 Å². The predicted molar refractivity (Wildman–Crippen MR) is 87.6 cm³/mol. The molecule has 0 bridgehead atoms. The summed E-state index contributed by atoms with van der Waals surface area (Å²) >= 11 is 0. The highest BCUT2D eigenvalue weighted by Gasteiger charge is 2.19. The minimum atomic E-state index is 0.603. The van der Waals surface area contributed by atoms with Crippen LogP contribution in [0.3, 0.4) is 0 Å². The molecule has 21 heavy (non-hydrogen) atoms. The van der Waals surface area contributed by atoms with Gasteiger partial charge in [0.1, 0.15) is 0 Å². The highest BCUT2D eigenvalue weighted by molar-refractivity contribution is 5.27. The molecule has 0 amide bonds. The summed E-state index contributed by atoms with van der Waals surface area (Å²) in [5.74, 6) is 1.07. The Morgan fingerprint density at radius 2 is 1.86 bits per heavy atom. The number of nitrogens with zero attached hydrogens (tertiary/aromatic N) is 3. The van der Waals surface area contributed by atoms with E-state index >= 15 is 0 Å². The Morgan fingerprint density at radius 3 is 2.62 bits per heavy atom. The van der Waals surface area contributed by atoms with Gasteiger partial charge in [-0.3, -0.25) is 4.90 Å². The SMILES string of the molecule is CC(Cn1ccnc1NC1CCCCC1)N1CCCCC1. The average molecular weight is 290 g/mol. The Labute approximate surface area is 128 Å². The summed E-state index contributed by atoms with van der Waals surface area (Å²) in [6, 6.07) is 1.23. The molecule has 2 aliphatic rings. The fourth-order valence-corrected chi connectivity index (χ4v) is 3.79. The molecule has 1 atom stereocenters. The van der Waals surface area contributed by atoms with Gasteiger partial charge >= 0.3 is 0 Å². The average Bonchev–Trinajstić information content (AvgIpc) is 2.96. The molecular formula is C17H30N4. The molecule has 1 aromatic heterocycles. The molecule has 1 saturated carbocycles. The molecule has 2 heterocycles. The van der Waals surface area contributed by atoms with Crippen LogP contribution in [0.15, 0.2) is 12.4 Å². The number of hydrogen-bond acceptors (Lipinski definition) is 3. The van der Waals surface area contributed by atoms with Gasteiger partial charge in [-0.2, -0.15) is 0 Å². The fourth-order valence-electron chi connectivity index (χ4n) is 3.79. The second kappa shape index (κ2) is 7.30. The van der Waals surface area contributed by atoms with Crippen LogP contribution < -0.4 is 5.32 Å². The Balaban J connectivity index is 1.56. The van der Waals surface area contributed by atoms with E-state index in [1.165, 1.54) is 64.5 Å². The zero-order valence-electron chi connectivity index (χ0n) is 13.4. The summed E-state index contributed by atoms with van der Waals surface area (Å²) in [5, 5.41) is 3.67. The van der Waals surface area contributed by atoms with Crippen molar-refractivity contribution in [1.29, 1.82) is 0 Å². The van der Waals surface area contributed by atoms with Gasteiger partial charge in [-0.1, -0.05) is 25.7 Å². The number of imidazole rings is 1. The van der Waals surface area contributed by atoms with Crippen LogP contribution in [0.25, 0.3) is 0 Å². The topological polar surface area (TPSA) is 33.1 Å². The Bertz CT molecular complexity index is 416. The molecule has 4 heteroatoms. The molecule has 1 N–H and O–H groups in total. The number of nitrogens with one attached hydrogen (secondary N) is 1. The summed E-state index contributed by atoms with van der Waals surface area (Å²) in [6.45, 7) is 5.94. The third-order valence-electron chi connectivity index (χ3n) is 5.13. The highest BCUT2D eigenvalue weighted by atomic mass is 15.2. The summed E-state index contributed by atoms with van der Waals surface area (Å²) in [5.41, 5.74) is 0. The lowest BCUT2D eigenvalue weighted by molar-refractivity contribution is 0.160. The number of piperidine rings is 1. The van der Waals surface area contributed by atoms with Gasteiger partial charge in [-0.05, 0) is 45.7 Å². The summed E-state index contributed by atoms with van der Waals surface area (Å²) in [6.07, 6.45) is 14.9. The maximum absolute atomic E-state index is 4.54. The molecule has 1 saturated heterocycles. The molecule has 2 fully saturated rings. The molecule has 1 aromatic rings. The van der Waals surface area contributed by atoms with Gasteiger partial charge in [0.05, 0.1) is 0 Å². The van der Waals surface area contributed by atoms with E-state index in [0.29, 0.717) is 12.1 Å². The fraction of sp³-hybridized carbons (Fsp3) is 0.824. The van der Waals surface area contributed by atoms with Crippen LogP contribution in [0.1, 0.15) is 58.3 Å². The third-order valence-corrected chi connectivity index (χ3v) is 5.13. The smallest absolute Gasteiger partial charge is 0.203 e. The van der Waals surface area contributed by atoms with E-state index in [1.54, 1.807) is 0 Å². The molecule has 4 nitrogen and oxygen atoms in total. The highest BCUT2D eigenvalue weighted by Crippen LogP contribution is 2.21. The van der Waals surface area contributed by atoms with Crippen molar-refractivity contribution in [3.05, 3.63) is 12.4 Å². The van der Waals surface area contributed by atoms with E-state index in [1.807, 2.05) is 6.20 Å². The van der Waals surface area contributed by atoms with Gasteiger partial charge in [0.15, 0.2) is 0 Å². The van der Waals surface area contributed by atoms with Crippen LogP contribution in [0.4, 0.5) is 5.95 Å².